The molecule has 1 amide bonds. The maximum absolute atomic E-state index is 12.7. The predicted octanol–water partition coefficient (Wildman–Crippen LogP) is 1.82. The Hall–Kier alpha value is -3.55. The molecule has 0 aliphatic carbocycles. The molecule has 2 aromatic rings. The number of hydrogen-bond donors (Lipinski definition) is 1. The lowest BCUT2D eigenvalue weighted by Gasteiger charge is -2.33. The van der Waals surface area contributed by atoms with Crippen LogP contribution in [0.1, 0.15) is 15.9 Å². The van der Waals surface area contributed by atoms with Gasteiger partial charge in [0.05, 0.1) is 19.3 Å². The van der Waals surface area contributed by atoms with E-state index in [1.165, 1.54) is 18.1 Å². The van der Waals surface area contributed by atoms with Gasteiger partial charge < -0.3 is 24.2 Å². The first-order chi connectivity index (χ1) is 13.4. The normalized spacial score (nSPS) is 15.2. The van der Waals surface area contributed by atoms with Gasteiger partial charge in [0, 0.05) is 0 Å². The van der Waals surface area contributed by atoms with Crippen molar-refractivity contribution in [3.63, 3.8) is 0 Å². The molecular formula is C20H19NO7. The fraction of sp³-hybridized carbons (Fsp3) is 0.250. The highest BCUT2D eigenvalue weighted by Gasteiger charge is 2.34. The van der Waals surface area contributed by atoms with Gasteiger partial charge in [-0.25, -0.2) is 9.59 Å². The molecule has 3 rings (SSSR count). The van der Waals surface area contributed by atoms with E-state index in [9.17, 15) is 19.5 Å². The van der Waals surface area contributed by atoms with Crippen LogP contribution in [0.3, 0.4) is 0 Å². The van der Waals surface area contributed by atoms with E-state index in [0.29, 0.717) is 17.0 Å². The second-order valence-electron chi connectivity index (χ2n) is 6.15. The number of amides is 1. The van der Waals surface area contributed by atoms with Crippen LogP contribution >= 0.6 is 0 Å². The van der Waals surface area contributed by atoms with Crippen molar-refractivity contribution in [2.24, 2.45) is 0 Å². The topological polar surface area (TPSA) is 102 Å². The molecule has 0 spiro atoms. The zero-order valence-electron chi connectivity index (χ0n) is 15.4. The Labute approximate surface area is 161 Å². The van der Waals surface area contributed by atoms with Crippen molar-refractivity contribution < 1.29 is 33.7 Å². The van der Waals surface area contributed by atoms with E-state index in [4.69, 9.17) is 14.2 Å². The molecule has 0 fully saturated rings. The standard InChI is InChI=1S/C20H19NO7/c1-12-6-5-7-13(18(12)23)19(24)27-11-17(22)21-10-16(20(25)26-2)28-15-9-4-3-8-14(15)21/h3-9,16,23H,10-11H2,1-2H3/t16-/m1/s1. The molecule has 8 heteroatoms. The minimum absolute atomic E-state index is 0.0254. The first kappa shape index (κ1) is 19.2. The van der Waals surface area contributed by atoms with Crippen molar-refractivity contribution >= 4 is 23.5 Å². The van der Waals surface area contributed by atoms with Crippen LogP contribution in [0.5, 0.6) is 11.5 Å². The Morgan fingerprint density at radius 1 is 1.18 bits per heavy atom. The minimum atomic E-state index is -0.986. The molecule has 0 bridgehead atoms. The van der Waals surface area contributed by atoms with E-state index in [1.807, 2.05) is 0 Å². The maximum atomic E-state index is 12.7. The molecule has 28 heavy (non-hydrogen) atoms. The summed E-state index contributed by atoms with van der Waals surface area (Å²) < 4.78 is 15.3. The molecule has 2 aromatic carbocycles. The highest BCUT2D eigenvalue weighted by Crippen LogP contribution is 2.33. The first-order valence-electron chi connectivity index (χ1n) is 8.52. The zero-order valence-corrected chi connectivity index (χ0v) is 15.4. The summed E-state index contributed by atoms with van der Waals surface area (Å²) in [5, 5.41) is 9.97. The number of hydrogen-bond acceptors (Lipinski definition) is 7. The molecule has 0 radical (unpaired) electrons. The number of para-hydroxylation sites is 3. The summed E-state index contributed by atoms with van der Waals surface area (Å²) in [7, 11) is 1.23. The number of benzene rings is 2. The van der Waals surface area contributed by atoms with Crippen LogP contribution in [-0.2, 0) is 19.1 Å². The van der Waals surface area contributed by atoms with Crippen molar-refractivity contribution in [2.75, 3.05) is 25.2 Å². The van der Waals surface area contributed by atoms with Crippen LogP contribution in [0, 0.1) is 6.92 Å². The summed E-state index contributed by atoms with van der Waals surface area (Å²) in [5.41, 5.74) is 0.952. The number of nitrogens with zero attached hydrogens (tertiary/aromatic N) is 1. The Morgan fingerprint density at radius 2 is 1.93 bits per heavy atom. The van der Waals surface area contributed by atoms with Crippen LogP contribution in [-0.4, -0.2) is 49.3 Å². The van der Waals surface area contributed by atoms with Crippen molar-refractivity contribution in [2.45, 2.75) is 13.0 Å². The molecule has 1 atom stereocenters. The van der Waals surface area contributed by atoms with E-state index in [2.05, 4.69) is 0 Å². The third-order valence-corrected chi connectivity index (χ3v) is 4.32. The number of anilines is 1. The third-order valence-electron chi connectivity index (χ3n) is 4.32. The van der Waals surface area contributed by atoms with E-state index >= 15 is 0 Å². The number of carbonyl (C=O) groups is 3. The molecule has 0 aromatic heterocycles. The van der Waals surface area contributed by atoms with Crippen LogP contribution in [0.2, 0.25) is 0 Å². The van der Waals surface area contributed by atoms with Gasteiger partial charge in [0.2, 0.25) is 6.10 Å². The Morgan fingerprint density at radius 3 is 2.68 bits per heavy atom. The molecule has 8 nitrogen and oxygen atoms in total. The van der Waals surface area contributed by atoms with E-state index in [0.717, 1.165) is 0 Å². The number of carbonyl (C=O) groups excluding carboxylic acids is 3. The van der Waals surface area contributed by atoms with Gasteiger partial charge in [0.25, 0.3) is 5.91 Å². The number of rotatable bonds is 4. The highest BCUT2D eigenvalue weighted by molar-refractivity contribution is 6.00. The van der Waals surface area contributed by atoms with Gasteiger partial charge in [-0.3, -0.25) is 4.79 Å². The van der Waals surface area contributed by atoms with E-state index in [1.54, 1.807) is 43.3 Å². The van der Waals surface area contributed by atoms with E-state index in [-0.39, 0.29) is 17.9 Å². The molecule has 1 aliphatic heterocycles. The van der Waals surface area contributed by atoms with Gasteiger partial charge in [-0.2, -0.15) is 0 Å². The number of esters is 2. The number of phenolic OH excluding ortho intramolecular Hbond substituents is 1. The lowest BCUT2D eigenvalue weighted by Crippen LogP contribution is -2.48. The van der Waals surface area contributed by atoms with Crippen molar-refractivity contribution in [3.05, 3.63) is 53.6 Å². The maximum Gasteiger partial charge on any atom is 0.348 e. The smallest absolute Gasteiger partial charge is 0.348 e. The second-order valence-corrected chi connectivity index (χ2v) is 6.15. The average molecular weight is 385 g/mol. The van der Waals surface area contributed by atoms with Gasteiger partial charge in [-0.1, -0.05) is 24.3 Å². The lowest BCUT2D eigenvalue weighted by atomic mass is 10.1. The predicted molar refractivity (Wildman–Crippen MR) is 98.4 cm³/mol. The first-order valence-corrected chi connectivity index (χ1v) is 8.52. The SMILES string of the molecule is COC(=O)[C@H]1CN(C(=O)COC(=O)c2cccc(C)c2O)c2ccccc2O1. The summed E-state index contributed by atoms with van der Waals surface area (Å²) in [6.45, 7) is 1.01. The van der Waals surface area contributed by atoms with Crippen LogP contribution in [0.4, 0.5) is 5.69 Å². The van der Waals surface area contributed by atoms with Crippen LogP contribution in [0.15, 0.2) is 42.5 Å². The van der Waals surface area contributed by atoms with Gasteiger partial charge in [0.15, 0.2) is 6.61 Å². The zero-order chi connectivity index (χ0) is 20.3. The summed E-state index contributed by atoms with van der Waals surface area (Å²) in [6.07, 6.45) is -0.986. The molecule has 0 saturated heterocycles. The fourth-order valence-corrected chi connectivity index (χ4v) is 2.83. The molecule has 1 heterocycles. The molecule has 146 valence electrons. The van der Waals surface area contributed by atoms with Crippen molar-refractivity contribution in [1.82, 2.24) is 0 Å². The van der Waals surface area contributed by atoms with Crippen molar-refractivity contribution in [1.29, 1.82) is 0 Å². The van der Waals surface area contributed by atoms with Crippen LogP contribution in [0.25, 0.3) is 0 Å². The number of methoxy groups -OCH3 is 1. The summed E-state index contributed by atoms with van der Waals surface area (Å²) in [5.74, 6) is -1.82. The van der Waals surface area contributed by atoms with E-state index < -0.39 is 30.6 Å². The highest BCUT2D eigenvalue weighted by atomic mass is 16.6. The number of aryl methyl sites for hydroxylation is 1. The summed E-state index contributed by atoms with van der Waals surface area (Å²) in [4.78, 5) is 38.1. The number of fused-ring (bicyclic) bond motifs is 1. The monoisotopic (exact) mass is 385 g/mol. The Kier molecular flexibility index (Phi) is 5.49. The summed E-state index contributed by atoms with van der Waals surface area (Å²) >= 11 is 0. The molecule has 0 unspecified atom stereocenters. The largest absolute Gasteiger partial charge is 0.507 e. The summed E-state index contributed by atoms with van der Waals surface area (Å²) in [6, 6.07) is 11.4. The second kappa shape index (κ2) is 7.99. The third kappa shape index (κ3) is 3.75. The Balaban J connectivity index is 1.75. The average Bonchev–Trinajstić information content (AvgIpc) is 2.72. The number of phenols is 1. The molecule has 1 N–H and O–H groups in total. The van der Waals surface area contributed by atoms with Crippen LogP contribution < -0.4 is 9.64 Å². The fourth-order valence-electron chi connectivity index (χ4n) is 2.83. The molecular weight excluding hydrogens is 366 g/mol. The Bertz CT molecular complexity index is 925. The van der Waals surface area contributed by atoms with Crippen molar-refractivity contribution in [3.8, 4) is 11.5 Å². The quantitative estimate of drug-likeness (QED) is 0.801. The van der Waals surface area contributed by atoms with Gasteiger partial charge in [-0.15, -0.1) is 0 Å². The molecule has 0 saturated carbocycles. The van der Waals surface area contributed by atoms with Gasteiger partial charge in [0.1, 0.15) is 17.1 Å². The molecule has 1 aliphatic rings. The van der Waals surface area contributed by atoms with Gasteiger partial charge in [-0.05, 0) is 30.7 Å². The number of ether oxygens (including phenoxy) is 3. The van der Waals surface area contributed by atoms with Gasteiger partial charge >= 0.3 is 11.9 Å². The lowest BCUT2D eigenvalue weighted by molar-refractivity contribution is -0.148. The number of aromatic hydroxyl groups is 1. The minimum Gasteiger partial charge on any atom is -0.507 e.